The highest BCUT2D eigenvalue weighted by molar-refractivity contribution is 7.22. The number of hydrogen-bond donors (Lipinski definition) is 1. The van der Waals surface area contributed by atoms with Gasteiger partial charge >= 0.3 is 5.97 Å². The predicted octanol–water partition coefficient (Wildman–Crippen LogP) is 3.66. The molecule has 3 aromatic rings. The molecular formula is C14H9NO2S. The van der Waals surface area contributed by atoms with Gasteiger partial charge in [0.2, 0.25) is 0 Å². The average Bonchev–Trinajstić information content (AvgIpc) is 2.82. The molecule has 1 aromatic carbocycles. The quantitative estimate of drug-likeness (QED) is 0.760. The number of thiophene rings is 1. The Bertz CT molecular complexity index is 700. The lowest BCUT2D eigenvalue weighted by Gasteiger charge is -1.98. The lowest BCUT2D eigenvalue weighted by atomic mass is 10.1. The van der Waals surface area contributed by atoms with Crippen LogP contribution in [0.15, 0.2) is 48.7 Å². The second kappa shape index (κ2) is 4.23. The molecule has 88 valence electrons. The third-order valence-electron chi connectivity index (χ3n) is 2.69. The van der Waals surface area contributed by atoms with E-state index in [1.165, 1.54) is 16.3 Å². The Morgan fingerprint density at radius 3 is 2.78 bits per heavy atom. The van der Waals surface area contributed by atoms with Crippen molar-refractivity contribution in [3.8, 4) is 10.4 Å². The first-order chi connectivity index (χ1) is 8.74. The van der Waals surface area contributed by atoms with E-state index in [2.05, 4.69) is 23.2 Å². The van der Waals surface area contributed by atoms with E-state index in [0.29, 0.717) is 0 Å². The highest BCUT2D eigenvalue weighted by Crippen LogP contribution is 2.33. The topological polar surface area (TPSA) is 50.2 Å². The maximum absolute atomic E-state index is 10.9. The summed E-state index contributed by atoms with van der Waals surface area (Å²) in [5, 5.41) is 10.1. The van der Waals surface area contributed by atoms with Crippen molar-refractivity contribution in [2.75, 3.05) is 0 Å². The van der Waals surface area contributed by atoms with Crippen LogP contribution in [0.25, 0.3) is 20.5 Å². The number of hydrogen-bond acceptors (Lipinski definition) is 3. The van der Waals surface area contributed by atoms with Gasteiger partial charge in [-0.2, -0.15) is 0 Å². The van der Waals surface area contributed by atoms with E-state index in [0.717, 1.165) is 10.4 Å². The molecule has 18 heavy (non-hydrogen) atoms. The monoisotopic (exact) mass is 255 g/mol. The van der Waals surface area contributed by atoms with Gasteiger partial charge in [-0.15, -0.1) is 11.3 Å². The van der Waals surface area contributed by atoms with E-state index in [-0.39, 0.29) is 5.69 Å². The number of aromatic carboxylic acids is 1. The third-order valence-corrected chi connectivity index (χ3v) is 3.85. The predicted molar refractivity (Wildman–Crippen MR) is 72.0 cm³/mol. The zero-order valence-electron chi connectivity index (χ0n) is 9.33. The molecule has 0 aliphatic carbocycles. The Morgan fingerprint density at radius 1 is 1.17 bits per heavy atom. The van der Waals surface area contributed by atoms with E-state index >= 15 is 0 Å². The van der Waals surface area contributed by atoms with Gasteiger partial charge in [0, 0.05) is 15.8 Å². The summed E-state index contributed by atoms with van der Waals surface area (Å²) in [6, 6.07) is 13.6. The lowest BCUT2D eigenvalue weighted by Crippen LogP contribution is -1.99. The summed E-state index contributed by atoms with van der Waals surface area (Å²) >= 11 is 1.65. The molecule has 2 heterocycles. The number of benzene rings is 1. The van der Waals surface area contributed by atoms with Gasteiger partial charge in [0.1, 0.15) is 5.69 Å². The van der Waals surface area contributed by atoms with Crippen molar-refractivity contribution in [3.63, 3.8) is 0 Å². The lowest BCUT2D eigenvalue weighted by molar-refractivity contribution is 0.0690. The molecule has 0 radical (unpaired) electrons. The minimum absolute atomic E-state index is 0.0740. The van der Waals surface area contributed by atoms with E-state index in [9.17, 15) is 4.79 Å². The fourth-order valence-corrected chi connectivity index (χ4v) is 2.88. The summed E-state index contributed by atoms with van der Waals surface area (Å²) in [6.45, 7) is 0. The Labute approximate surface area is 107 Å². The van der Waals surface area contributed by atoms with Crippen molar-refractivity contribution in [1.29, 1.82) is 0 Å². The second-order valence-electron chi connectivity index (χ2n) is 3.88. The standard InChI is InChI=1S/C14H9NO2S/c16-14(17)11-7-10(5-6-15-11)13-8-9-3-1-2-4-12(9)18-13/h1-8H,(H,16,17). The van der Waals surface area contributed by atoms with Crippen molar-refractivity contribution in [2.45, 2.75) is 0 Å². The van der Waals surface area contributed by atoms with Gasteiger partial charge in [-0.25, -0.2) is 9.78 Å². The number of carboxylic acids is 1. The first-order valence-electron chi connectivity index (χ1n) is 5.42. The number of carboxylic acid groups (broad SMARTS) is 1. The summed E-state index contributed by atoms with van der Waals surface area (Å²) in [5.74, 6) is -1.00. The van der Waals surface area contributed by atoms with Crippen molar-refractivity contribution >= 4 is 27.4 Å². The highest BCUT2D eigenvalue weighted by Gasteiger charge is 2.08. The largest absolute Gasteiger partial charge is 0.477 e. The van der Waals surface area contributed by atoms with Crippen LogP contribution in [-0.4, -0.2) is 16.1 Å². The van der Waals surface area contributed by atoms with Crippen molar-refractivity contribution < 1.29 is 9.90 Å². The van der Waals surface area contributed by atoms with Crippen LogP contribution in [0.3, 0.4) is 0 Å². The summed E-state index contributed by atoms with van der Waals surface area (Å²) < 4.78 is 1.20. The van der Waals surface area contributed by atoms with Crippen molar-refractivity contribution in [1.82, 2.24) is 4.98 Å². The molecule has 0 bridgehead atoms. The molecular weight excluding hydrogens is 246 g/mol. The zero-order chi connectivity index (χ0) is 12.5. The maximum Gasteiger partial charge on any atom is 0.354 e. The molecule has 1 N–H and O–H groups in total. The number of aromatic nitrogens is 1. The Balaban J connectivity index is 2.13. The first-order valence-corrected chi connectivity index (χ1v) is 6.24. The third kappa shape index (κ3) is 1.87. The molecule has 0 spiro atoms. The van der Waals surface area contributed by atoms with Gasteiger partial charge in [0.25, 0.3) is 0 Å². The van der Waals surface area contributed by atoms with Gasteiger partial charge in [-0.3, -0.25) is 0 Å². The molecule has 0 fully saturated rings. The average molecular weight is 255 g/mol. The van der Waals surface area contributed by atoms with Crippen LogP contribution in [-0.2, 0) is 0 Å². The minimum atomic E-state index is -1.00. The second-order valence-corrected chi connectivity index (χ2v) is 4.97. The molecule has 0 amide bonds. The normalized spacial score (nSPS) is 10.7. The van der Waals surface area contributed by atoms with Gasteiger partial charge in [0.15, 0.2) is 0 Å². The van der Waals surface area contributed by atoms with Crippen molar-refractivity contribution in [2.24, 2.45) is 0 Å². The molecule has 2 aromatic heterocycles. The van der Waals surface area contributed by atoms with Gasteiger partial charge < -0.3 is 5.11 Å². The number of fused-ring (bicyclic) bond motifs is 1. The smallest absolute Gasteiger partial charge is 0.354 e. The van der Waals surface area contributed by atoms with Gasteiger partial charge in [0.05, 0.1) is 0 Å². The Kier molecular flexibility index (Phi) is 2.57. The van der Waals surface area contributed by atoms with E-state index in [1.807, 2.05) is 18.2 Å². The molecule has 0 unspecified atom stereocenters. The molecule has 3 rings (SSSR count). The van der Waals surface area contributed by atoms with Crippen LogP contribution in [0, 0.1) is 0 Å². The van der Waals surface area contributed by atoms with Crippen LogP contribution in [0.5, 0.6) is 0 Å². The molecule has 4 heteroatoms. The van der Waals surface area contributed by atoms with Crippen LogP contribution in [0.1, 0.15) is 10.5 Å². The summed E-state index contributed by atoms with van der Waals surface area (Å²) in [5.41, 5.74) is 0.966. The van der Waals surface area contributed by atoms with E-state index in [1.54, 1.807) is 17.4 Å². The molecule has 0 saturated carbocycles. The zero-order valence-corrected chi connectivity index (χ0v) is 10.1. The Morgan fingerprint density at radius 2 is 2.00 bits per heavy atom. The fourth-order valence-electron chi connectivity index (χ4n) is 1.82. The fraction of sp³-hybridized carbons (Fsp3) is 0. The number of carbonyl (C=O) groups is 1. The number of rotatable bonds is 2. The summed E-state index contributed by atoms with van der Waals surface area (Å²) in [6.07, 6.45) is 1.53. The minimum Gasteiger partial charge on any atom is -0.477 e. The van der Waals surface area contributed by atoms with E-state index in [4.69, 9.17) is 5.11 Å². The maximum atomic E-state index is 10.9. The van der Waals surface area contributed by atoms with Crippen LogP contribution >= 0.6 is 11.3 Å². The molecule has 3 nitrogen and oxygen atoms in total. The molecule has 0 aliphatic rings. The SMILES string of the molecule is O=C(O)c1cc(-c2cc3ccccc3s2)ccn1. The van der Waals surface area contributed by atoms with Gasteiger partial charge in [-0.05, 0) is 35.2 Å². The Hall–Kier alpha value is -2.20. The molecule has 0 aliphatic heterocycles. The highest BCUT2D eigenvalue weighted by atomic mass is 32.1. The number of nitrogens with zero attached hydrogens (tertiary/aromatic N) is 1. The summed E-state index contributed by atoms with van der Waals surface area (Å²) in [4.78, 5) is 15.8. The summed E-state index contributed by atoms with van der Waals surface area (Å²) in [7, 11) is 0. The van der Waals surface area contributed by atoms with Crippen LogP contribution in [0.2, 0.25) is 0 Å². The van der Waals surface area contributed by atoms with Crippen molar-refractivity contribution in [3.05, 3.63) is 54.4 Å². The van der Waals surface area contributed by atoms with Crippen LogP contribution < -0.4 is 0 Å². The van der Waals surface area contributed by atoms with Gasteiger partial charge in [-0.1, -0.05) is 18.2 Å². The van der Waals surface area contributed by atoms with E-state index < -0.39 is 5.97 Å². The number of pyridine rings is 1. The molecule has 0 atom stereocenters. The van der Waals surface area contributed by atoms with Crippen LogP contribution in [0.4, 0.5) is 0 Å². The first kappa shape index (κ1) is 10.9. The molecule has 0 saturated heterocycles.